The van der Waals surface area contributed by atoms with Gasteiger partial charge in [0.15, 0.2) is 21.3 Å². The number of carbonyl (C=O) groups is 4. The van der Waals surface area contributed by atoms with Gasteiger partial charge in [-0.05, 0) is 99.6 Å². The summed E-state index contributed by atoms with van der Waals surface area (Å²) in [6.45, 7) is 7.81. The van der Waals surface area contributed by atoms with Crippen LogP contribution in [0.5, 0.6) is 11.5 Å². The molecule has 3 heterocycles. The van der Waals surface area contributed by atoms with Gasteiger partial charge < -0.3 is 30.7 Å². The molecule has 2 aromatic carbocycles. The number of halogens is 2. The number of fused-ring (bicyclic) bond motifs is 1. The number of nitrogens with one attached hydrogen (secondary N) is 4. The van der Waals surface area contributed by atoms with Gasteiger partial charge in [0, 0.05) is 46.9 Å². The van der Waals surface area contributed by atoms with Crippen LogP contribution in [0.15, 0.2) is 78.2 Å². The fraction of sp³-hybridized carbons (Fsp3) is 0.341. The monoisotopic (exact) mass is 835 g/mol. The molecule has 17 heteroatoms. The predicted molar refractivity (Wildman–Crippen MR) is 214 cm³/mol. The first-order chi connectivity index (χ1) is 27.6. The van der Waals surface area contributed by atoms with Gasteiger partial charge in [0.1, 0.15) is 5.82 Å². The second-order valence-corrected chi connectivity index (χ2v) is 17.5. The first-order valence-electron chi connectivity index (χ1n) is 18.7. The molecule has 4 amide bonds. The molecule has 1 saturated carbocycles. The maximum absolute atomic E-state index is 13.6. The molecule has 6 rings (SSSR count). The van der Waals surface area contributed by atoms with Gasteiger partial charge in [-0.3, -0.25) is 19.2 Å². The number of hydrogen-bond acceptors (Lipinski definition) is 10. The van der Waals surface area contributed by atoms with E-state index in [4.69, 9.17) is 0 Å². The fourth-order valence-corrected chi connectivity index (χ4v) is 9.53. The number of sulfone groups is 1. The van der Waals surface area contributed by atoms with Crippen LogP contribution in [0, 0.1) is 13.8 Å². The van der Waals surface area contributed by atoms with Crippen molar-refractivity contribution in [3.8, 4) is 22.8 Å². The van der Waals surface area contributed by atoms with Gasteiger partial charge in [-0.25, -0.2) is 13.4 Å². The van der Waals surface area contributed by atoms with Crippen molar-refractivity contribution >= 4 is 50.6 Å². The quantitative estimate of drug-likeness (QED) is 0.0717. The summed E-state index contributed by atoms with van der Waals surface area (Å²) in [5.41, 5.74) is 2.05. The number of amides is 4. The molecule has 0 saturated heterocycles. The van der Waals surface area contributed by atoms with Gasteiger partial charge in [-0.2, -0.15) is 0 Å². The Morgan fingerprint density at radius 3 is 2.41 bits per heavy atom. The van der Waals surface area contributed by atoms with Crippen LogP contribution in [0.1, 0.15) is 63.3 Å². The summed E-state index contributed by atoms with van der Waals surface area (Å²) in [7, 11) is -3.54. The van der Waals surface area contributed by atoms with Crippen molar-refractivity contribution in [1.29, 1.82) is 0 Å². The summed E-state index contributed by atoms with van der Waals surface area (Å²) in [5.74, 6) is -1.23. The number of anilines is 1. The molecule has 0 bridgehead atoms. The molecule has 0 spiro atoms. The molecule has 1 fully saturated rings. The van der Waals surface area contributed by atoms with Gasteiger partial charge in [0.25, 0.3) is 5.91 Å². The van der Waals surface area contributed by atoms with Crippen molar-refractivity contribution < 1.29 is 45.9 Å². The molecule has 1 aliphatic heterocycles. The molecular formula is C41H43F2N5O8S2. The number of nitrogens with zero attached hydrogens (tertiary/aromatic N) is 1. The van der Waals surface area contributed by atoms with Crippen LogP contribution in [0.2, 0.25) is 0 Å². The number of benzene rings is 2. The number of thiophene rings is 1. The number of ether oxygens (including phenoxy) is 2. The lowest BCUT2D eigenvalue weighted by Crippen LogP contribution is -2.30. The lowest BCUT2D eigenvalue weighted by Gasteiger charge is -2.17. The molecule has 1 aliphatic carbocycles. The number of rotatable bonds is 18. The number of aryl methyl sites for hydroxylation is 3. The molecule has 306 valence electrons. The Labute approximate surface area is 338 Å². The van der Waals surface area contributed by atoms with Gasteiger partial charge >= 0.3 is 6.29 Å². The van der Waals surface area contributed by atoms with E-state index in [2.05, 4.69) is 42.3 Å². The zero-order valence-electron chi connectivity index (χ0n) is 31.9. The Hall–Kier alpha value is -5.68. The van der Waals surface area contributed by atoms with E-state index in [0.29, 0.717) is 71.9 Å². The van der Waals surface area contributed by atoms with Gasteiger partial charge in [-0.1, -0.05) is 30.8 Å². The number of hydrogen-bond donors (Lipinski definition) is 4. The van der Waals surface area contributed by atoms with Crippen LogP contribution < -0.4 is 30.7 Å². The van der Waals surface area contributed by atoms with Crippen molar-refractivity contribution in [2.75, 3.05) is 30.7 Å². The molecule has 0 unspecified atom stereocenters. The minimum Gasteiger partial charge on any atom is -0.395 e. The summed E-state index contributed by atoms with van der Waals surface area (Å²) in [4.78, 5) is 56.7. The van der Waals surface area contributed by atoms with Gasteiger partial charge in [0.05, 0.1) is 21.8 Å². The highest BCUT2D eigenvalue weighted by molar-refractivity contribution is 7.91. The Kier molecular flexibility index (Phi) is 12.6. The average molecular weight is 836 g/mol. The molecule has 4 aromatic rings. The van der Waals surface area contributed by atoms with E-state index in [1.807, 2.05) is 19.1 Å². The summed E-state index contributed by atoms with van der Waals surface area (Å²) >= 11 is 1.34. The molecule has 4 N–H and O–H groups in total. The molecule has 0 radical (unpaired) electrons. The largest absolute Gasteiger partial charge is 0.586 e. The predicted octanol–water partition coefficient (Wildman–Crippen LogP) is 5.75. The first-order valence-corrected chi connectivity index (χ1v) is 21.1. The third kappa shape index (κ3) is 10.1. The van der Waals surface area contributed by atoms with Crippen LogP contribution in [0.4, 0.5) is 14.6 Å². The van der Waals surface area contributed by atoms with E-state index in [1.54, 1.807) is 43.3 Å². The van der Waals surface area contributed by atoms with Crippen molar-refractivity contribution in [3.05, 3.63) is 99.8 Å². The maximum Gasteiger partial charge on any atom is 0.586 e. The second-order valence-electron chi connectivity index (χ2n) is 14.1. The van der Waals surface area contributed by atoms with Crippen LogP contribution in [-0.4, -0.2) is 68.7 Å². The van der Waals surface area contributed by atoms with Gasteiger partial charge in [-0.15, -0.1) is 20.1 Å². The van der Waals surface area contributed by atoms with E-state index in [0.717, 1.165) is 16.5 Å². The van der Waals surface area contributed by atoms with E-state index in [9.17, 15) is 36.4 Å². The fourth-order valence-electron chi connectivity index (χ4n) is 6.51. The standard InChI is InChI=1S/C41H43F2N5O8S2/c1-4-35(49)44-20-7-21-58(53,54)33-24-30(57-26(33)3)12-15-36(50)45-18-6-19-46-38(51)28-9-5-8-27(22-28)37-25(2)10-14-34(47-37)48-39(52)40(16-17-40)29-11-13-31-32(23-29)56-41(42,43)55-31/h4-5,8-11,13-14,22-24H,1,6-7,12,15-21H2,2-3H3,(H,44,49)(H,45,50)(H,46,51)(H,47,48,52). The van der Waals surface area contributed by atoms with E-state index in [-0.39, 0.29) is 65.2 Å². The normalized spacial score (nSPS) is 14.6. The third-order valence-corrected chi connectivity index (χ3v) is 12.9. The molecule has 13 nitrogen and oxygen atoms in total. The first kappa shape index (κ1) is 41.9. The third-order valence-electron chi connectivity index (χ3n) is 9.77. The van der Waals surface area contributed by atoms with Gasteiger partial charge in [0.2, 0.25) is 17.7 Å². The highest BCUT2D eigenvalue weighted by atomic mass is 32.2. The van der Waals surface area contributed by atoms with Crippen LogP contribution >= 0.6 is 11.3 Å². The van der Waals surface area contributed by atoms with Crippen molar-refractivity contribution in [1.82, 2.24) is 20.9 Å². The van der Waals surface area contributed by atoms with E-state index < -0.39 is 21.5 Å². The Balaban J connectivity index is 0.952. The summed E-state index contributed by atoms with van der Waals surface area (Å²) in [6.07, 6.45) is -0.287. The van der Waals surface area contributed by atoms with Crippen LogP contribution in [-0.2, 0) is 36.1 Å². The van der Waals surface area contributed by atoms with E-state index in [1.165, 1.54) is 23.5 Å². The SMILES string of the molecule is C=CC(=O)NCCCS(=O)(=O)c1cc(CCC(=O)NCCCNC(=O)c2cccc(-c3nc(NC(=O)C4(c5ccc6c(c5)OC(F)(F)O6)CC4)ccc3C)c2)sc1C. The highest BCUT2D eigenvalue weighted by Gasteiger charge is 2.53. The zero-order chi connectivity index (χ0) is 41.7. The second kappa shape index (κ2) is 17.4. The number of pyridine rings is 1. The Morgan fingerprint density at radius 1 is 0.914 bits per heavy atom. The number of carbonyl (C=O) groups excluding carboxylic acids is 4. The molecule has 58 heavy (non-hydrogen) atoms. The maximum atomic E-state index is 13.6. The Bertz CT molecular complexity index is 2360. The molecule has 0 atom stereocenters. The van der Waals surface area contributed by atoms with Crippen LogP contribution in [0.25, 0.3) is 11.3 Å². The Morgan fingerprint density at radius 2 is 1.66 bits per heavy atom. The zero-order valence-corrected chi connectivity index (χ0v) is 33.5. The summed E-state index contributed by atoms with van der Waals surface area (Å²) in [5, 5.41) is 11.1. The van der Waals surface area contributed by atoms with Crippen LogP contribution in [0.3, 0.4) is 0 Å². The lowest BCUT2D eigenvalue weighted by atomic mass is 9.94. The summed E-state index contributed by atoms with van der Waals surface area (Å²) in [6, 6.07) is 16.4. The number of aromatic nitrogens is 1. The van der Waals surface area contributed by atoms with Crippen molar-refractivity contribution in [2.24, 2.45) is 0 Å². The minimum absolute atomic E-state index is 0.0939. The topological polar surface area (TPSA) is 182 Å². The highest BCUT2D eigenvalue weighted by Crippen LogP contribution is 2.52. The van der Waals surface area contributed by atoms with Crippen molar-refractivity contribution in [3.63, 3.8) is 0 Å². The average Bonchev–Trinajstić information content (AvgIpc) is 3.82. The molecule has 2 aliphatic rings. The lowest BCUT2D eigenvalue weighted by molar-refractivity contribution is -0.286. The van der Waals surface area contributed by atoms with E-state index >= 15 is 0 Å². The molecular weight excluding hydrogens is 793 g/mol. The minimum atomic E-state index is -3.76. The summed E-state index contributed by atoms with van der Waals surface area (Å²) < 4.78 is 61.9. The number of alkyl halides is 2. The molecule has 2 aromatic heterocycles. The smallest absolute Gasteiger partial charge is 0.395 e. The van der Waals surface area contributed by atoms with Crippen molar-refractivity contribution in [2.45, 2.75) is 69.0 Å².